The molecule has 1 aromatic carbocycles. The van der Waals surface area contributed by atoms with E-state index in [4.69, 9.17) is 4.74 Å². The summed E-state index contributed by atoms with van der Waals surface area (Å²) in [4.78, 5) is 21.9. The summed E-state index contributed by atoms with van der Waals surface area (Å²) < 4.78 is 18.5. The smallest absolute Gasteiger partial charge is 0.316 e. The number of carbonyl (C=O) groups excluding carboxylic acids is 1. The second-order valence-corrected chi connectivity index (χ2v) is 6.07. The van der Waals surface area contributed by atoms with Crippen molar-refractivity contribution in [1.29, 1.82) is 0 Å². The Morgan fingerprint density at radius 3 is 2.92 bits per heavy atom. The first kappa shape index (κ1) is 16.4. The van der Waals surface area contributed by atoms with Crippen LogP contribution in [0.3, 0.4) is 0 Å². The number of hydrogen-bond acceptors (Lipinski definition) is 4. The molecule has 0 spiro atoms. The third kappa shape index (κ3) is 4.28. The van der Waals surface area contributed by atoms with Gasteiger partial charge in [-0.25, -0.2) is 14.4 Å². The summed E-state index contributed by atoms with van der Waals surface area (Å²) in [5, 5.41) is 0. The van der Waals surface area contributed by atoms with Crippen molar-refractivity contribution in [2.45, 2.75) is 32.3 Å². The number of ether oxygens (including phenoxy) is 1. The molecule has 1 atom stereocenters. The number of carbonyl (C=O) groups is 1. The van der Waals surface area contributed by atoms with Crippen molar-refractivity contribution < 1.29 is 13.9 Å². The van der Waals surface area contributed by atoms with Crippen LogP contribution in [0, 0.1) is 12.7 Å². The molecule has 2 aromatic rings. The highest BCUT2D eigenvalue weighted by molar-refractivity contribution is 5.79. The second-order valence-electron chi connectivity index (χ2n) is 6.07. The summed E-state index contributed by atoms with van der Waals surface area (Å²) in [6.45, 7) is 3.25. The number of benzene rings is 1. The SMILES string of the molecule is Cc1cccc(CC(=O)N2CCCC(Oc3ncc(F)cn3)C2)c1. The molecule has 1 aliphatic heterocycles. The maximum Gasteiger partial charge on any atom is 0.316 e. The van der Waals surface area contributed by atoms with Crippen LogP contribution in [0.15, 0.2) is 36.7 Å². The fourth-order valence-electron chi connectivity index (χ4n) is 2.88. The topological polar surface area (TPSA) is 55.3 Å². The molecule has 126 valence electrons. The van der Waals surface area contributed by atoms with Crippen LogP contribution in [0.2, 0.25) is 0 Å². The van der Waals surface area contributed by atoms with E-state index >= 15 is 0 Å². The number of rotatable bonds is 4. The molecule has 1 unspecified atom stereocenters. The maximum absolute atomic E-state index is 12.8. The number of aryl methyl sites for hydroxylation is 1. The average molecular weight is 329 g/mol. The molecule has 0 saturated carbocycles. The number of nitrogens with zero attached hydrogens (tertiary/aromatic N) is 3. The molecule has 5 nitrogen and oxygen atoms in total. The number of hydrogen-bond donors (Lipinski definition) is 0. The Morgan fingerprint density at radius 2 is 2.17 bits per heavy atom. The lowest BCUT2D eigenvalue weighted by molar-refractivity contribution is -0.133. The fourth-order valence-corrected chi connectivity index (χ4v) is 2.88. The van der Waals surface area contributed by atoms with Gasteiger partial charge in [-0.15, -0.1) is 0 Å². The van der Waals surface area contributed by atoms with Gasteiger partial charge in [0.15, 0.2) is 5.82 Å². The van der Waals surface area contributed by atoms with Crippen LogP contribution < -0.4 is 4.74 Å². The monoisotopic (exact) mass is 329 g/mol. The second kappa shape index (κ2) is 7.38. The van der Waals surface area contributed by atoms with Crippen molar-refractivity contribution in [3.8, 4) is 6.01 Å². The van der Waals surface area contributed by atoms with E-state index in [0.717, 1.165) is 42.9 Å². The molecule has 1 aromatic heterocycles. The molecule has 1 fully saturated rings. The van der Waals surface area contributed by atoms with Gasteiger partial charge in [-0.3, -0.25) is 4.79 Å². The van der Waals surface area contributed by atoms with Gasteiger partial charge in [0.2, 0.25) is 5.91 Å². The molecular formula is C18H20FN3O2. The van der Waals surface area contributed by atoms with Crippen LogP contribution in [-0.4, -0.2) is 40.0 Å². The molecule has 0 N–H and O–H groups in total. The van der Waals surface area contributed by atoms with Crippen molar-refractivity contribution in [1.82, 2.24) is 14.9 Å². The summed E-state index contributed by atoms with van der Waals surface area (Å²) in [5.74, 6) is -0.408. The molecule has 2 heterocycles. The highest BCUT2D eigenvalue weighted by Crippen LogP contribution is 2.17. The standard InChI is InChI=1S/C18H20FN3O2/c1-13-4-2-5-14(8-13)9-17(23)22-7-3-6-16(12-22)24-18-20-10-15(19)11-21-18/h2,4-5,8,10-11,16H,3,6-7,9,12H2,1H3. The zero-order valence-corrected chi connectivity index (χ0v) is 13.6. The predicted octanol–water partition coefficient (Wildman–Crippen LogP) is 2.54. The average Bonchev–Trinajstić information content (AvgIpc) is 2.57. The van der Waals surface area contributed by atoms with Crippen molar-refractivity contribution in [2.75, 3.05) is 13.1 Å². The zero-order valence-electron chi connectivity index (χ0n) is 13.6. The number of aromatic nitrogens is 2. The van der Waals surface area contributed by atoms with Crippen LogP contribution in [0.4, 0.5) is 4.39 Å². The lowest BCUT2D eigenvalue weighted by Gasteiger charge is -2.32. The first-order valence-corrected chi connectivity index (χ1v) is 8.07. The van der Waals surface area contributed by atoms with Gasteiger partial charge >= 0.3 is 6.01 Å². The van der Waals surface area contributed by atoms with Crippen LogP contribution in [0.5, 0.6) is 6.01 Å². The van der Waals surface area contributed by atoms with Gasteiger partial charge < -0.3 is 9.64 Å². The Kier molecular flexibility index (Phi) is 5.03. The molecular weight excluding hydrogens is 309 g/mol. The number of amides is 1. The molecule has 0 radical (unpaired) electrons. The largest absolute Gasteiger partial charge is 0.458 e. The van der Waals surface area contributed by atoms with E-state index in [9.17, 15) is 9.18 Å². The van der Waals surface area contributed by atoms with Gasteiger partial charge in [-0.1, -0.05) is 29.8 Å². The minimum Gasteiger partial charge on any atom is -0.458 e. The Bertz CT molecular complexity index is 706. The van der Waals surface area contributed by atoms with Crippen LogP contribution in [0.1, 0.15) is 24.0 Å². The van der Waals surface area contributed by atoms with Crippen molar-refractivity contribution in [3.05, 3.63) is 53.6 Å². The Labute approximate surface area is 140 Å². The van der Waals surface area contributed by atoms with Gasteiger partial charge in [0, 0.05) is 6.54 Å². The van der Waals surface area contributed by atoms with E-state index < -0.39 is 5.82 Å². The van der Waals surface area contributed by atoms with Gasteiger partial charge in [-0.2, -0.15) is 0 Å². The molecule has 6 heteroatoms. The van der Waals surface area contributed by atoms with Gasteiger partial charge in [0.1, 0.15) is 6.10 Å². The van der Waals surface area contributed by atoms with Crippen molar-refractivity contribution in [3.63, 3.8) is 0 Å². The third-order valence-electron chi connectivity index (χ3n) is 4.04. The molecule has 0 aliphatic carbocycles. The van der Waals surface area contributed by atoms with Crippen molar-refractivity contribution in [2.24, 2.45) is 0 Å². The quantitative estimate of drug-likeness (QED) is 0.865. The lowest BCUT2D eigenvalue weighted by Crippen LogP contribution is -2.45. The Balaban J connectivity index is 1.58. The highest BCUT2D eigenvalue weighted by atomic mass is 19.1. The summed E-state index contributed by atoms with van der Waals surface area (Å²) in [5.41, 5.74) is 2.17. The van der Waals surface area contributed by atoms with E-state index in [2.05, 4.69) is 9.97 Å². The van der Waals surface area contributed by atoms with Crippen LogP contribution >= 0.6 is 0 Å². The Hall–Kier alpha value is -2.50. The fraction of sp³-hybridized carbons (Fsp3) is 0.389. The van der Waals surface area contributed by atoms with E-state index in [1.165, 1.54) is 0 Å². The van der Waals surface area contributed by atoms with E-state index in [-0.39, 0.29) is 18.0 Å². The first-order chi connectivity index (χ1) is 11.6. The normalized spacial score (nSPS) is 17.6. The predicted molar refractivity (Wildman–Crippen MR) is 87.1 cm³/mol. The van der Waals surface area contributed by atoms with Gasteiger partial charge in [0.05, 0.1) is 25.4 Å². The van der Waals surface area contributed by atoms with Gasteiger partial charge in [0.25, 0.3) is 0 Å². The molecule has 3 rings (SSSR count). The van der Waals surface area contributed by atoms with Gasteiger partial charge in [-0.05, 0) is 25.3 Å². The minimum absolute atomic E-state index is 0.0916. The number of likely N-dealkylation sites (tertiary alicyclic amines) is 1. The van der Waals surface area contributed by atoms with Crippen molar-refractivity contribution >= 4 is 5.91 Å². The summed E-state index contributed by atoms with van der Waals surface area (Å²) in [7, 11) is 0. The number of piperidine rings is 1. The molecule has 1 amide bonds. The number of halogens is 1. The van der Waals surface area contributed by atoms with Crippen LogP contribution in [0.25, 0.3) is 0 Å². The van der Waals surface area contributed by atoms with E-state index in [1.807, 2.05) is 36.1 Å². The zero-order chi connectivity index (χ0) is 16.9. The molecule has 0 bridgehead atoms. The summed E-state index contributed by atoms with van der Waals surface area (Å²) >= 11 is 0. The summed E-state index contributed by atoms with van der Waals surface area (Å²) in [6.07, 6.45) is 4.07. The van der Waals surface area contributed by atoms with E-state index in [0.29, 0.717) is 13.0 Å². The highest BCUT2D eigenvalue weighted by Gasteiger charge is 2.25. The first-order valence-electron chi connectivity index (χ1n) is 8.07. The maximum atomic E-state index is 12.8. The molecule has 24 heavy (non-hydrogen) atoms. The van der Waals surface area contributed by atoms with Crippen LogP contribution in [-0.2, 0) is 11.2 Å². The Morgan fingerprint density at radius 1 is 1.38 bits per heavy atom. The minimum atomic E-state index is -0.499. The summed E-state index contributed by atoms with van der Waals surface area (Å²) in [6, 6.07) is 8.12. The molecule has 1 saturated heterocycles. The lowest BCUT2D eigenvalue weighted by atomic mass is 10.1. The molecule has 1 aliphatic rings. The third-order valence-corrected chi connectivity index (χ3v) is 4.04. The van der Waals surface area contributed by atoms with E-state index in [1.54, 1.807) is 0 Å².